The molecule has 2 aliphatic rings. The fourth-order valence-corrected chi connectivity index (χ4v) is 3.79. The summed E-state index contributed by atoms with van der Waals surface area (Å²) in [5, 5.41) is 0. The van der Waals surface area contributed by atoms with Gasteiger partial charge in [-0.3, -0.25) is 4.79 Å². The molecule has 0 bridgehead atoms. The molecule has 0 radical (unpaired) electrons. The zero-order chi connectivity index (χ0) is 18.0. The lowest BCUT2D eigenvalue weighted by atomic mass is 9.95. The number of amides is 2. The number of nitrogens with zero attached hydrogens (tertiary/aromatic N) is 2. The van der Waals surface area contributed by atoms with E-state index in [1.54, 1.807) is 4.90 Å². The van der Waals surface area contributed by atoms with Crippen LogP contribution in [0.5, 0.6) is 0 Å². The van der Waals surface area contributed by atoms with Gasteiger partial charge in [0.05, 0.1) is 6.61 Å². The largest absolute Gasteiger partial charge is 0.449 e. The third-order valence-corrected chi connectivity index (χ3v) is 5.34. The maximum Gasteiger partial charge on any atom is 0.409 e. The molecule has 0 saturated carbocycles. The molecule has 2 heterocycles. The first-order valence-corrected chi connectivity index (χ1v) is 9.76. The summed E-state index contributed by atoms with van der Waals surface area (Å²) in [6.07, 6.45) is 2.06. The van der Waals surface area contributed by atoms with Crippen LogP contribution in [0.1, 0.15) is 32.3 Å². The Morgan fingerprint density at radius 2 is 1.96 bits per heavy atom. The lowest BCUT2D eigenvalue weighted by Gasteiger charge is -2.32. The van der Waals surface area contributed by atoms with Crippen molar-refractivity contribution in [3.05, 3.63) is 28.2 Å². The second-order valence-corrected chi connectivity index (χ2v) is 8.16. The van der Waals surface area contributed by atoms with Crippen LogP contribution in [0, 0.1) is 11.8 Å². The molecule has 1 aromatic rings. The quantitative estimate of drug-likeness (QED) is 0.762. The molecule has 136 valence electrons. The van der Waals surface area contributed by atoms with Gasteiger partial charge in [0.15, 0.2) is 0 Å². The number of benzene rings is 1. The second kappa shape index (κ2) is 7.77. The molecule has 2 amide bonds. The SMILES string of the molecule is CC(C)COC(=O)N1CCC(C(=O)N2CCc3ccc(Br)cc32)CC1. The monoisotopic (exact) mass is 408 g/mol. The predicted octanol–water partition coefficient (Wildman–Crippen LogP) is 3.84. The first-order chi connectivity index (χ1) is 12.0. The number of likely N-dealkylation sites (tertiary alicyclic amines) is 1. The van der Waals surface area contributed by atoms with Gasteiger partial charge in [-0.1, -0.05) is 35.8 Å². The van der Waals surface area contributed by atoms with Crippen LogP contribution >= 0.6 is 15.9 Å². The third kappa shape index (κ3) is 4.17. The molecule has 0 unspecified atom stereocenters. The van der Waals surface area contributed by atoms with E-state index >= 15 is 0 Å². The number of carbonyl (C=O) groups is 2. The molecule has 0 aromatic heterocycles. The summed E-state index contributed by atoms with van der Waals surface area (Å²) in [4.78, 5) is 28.6. The molecular weight excluding hydrogens is 384 g/mol. The summed E-state index contributed by atoms with van der Waals surface area (Å²) in [6.45, 7) is 6.41. The number of hydrogen-bond acceptors (Lipinski definition) is 3. The molecule has 1 saturated heterocycles. The Morgan fingerprint density at radius 1 is 1.24 bits per heavy atom. The van der Waals surface area contributed by atoms with Gasteiger partial charge in [0.25, 0.3) is 0 Å². The number of fused-ring (bicyclic) bond motifs is 1. The number of hydrogen-bond donors (Lipinski definition) is 0. The fourth-order valence-electron chi connectivity index (χ4n) is 3.44. The number of ether oxygens (including phenoxy) is 1. The summed E-state index contributed by atoms with van der Waals surface area (Å²) in [7, 11) is 0. The van der Waals surface area contributed by atoms with Crippen LogP contribution in [0.4, 0.5) is 10.5 Å². The molecule has 0 spiro atoms. The molecule has 5 nitrogen and oxygen atoms in total. The minimum absolute atomic E-state index is 0.0147. The van der Waals surface area contributed by atoms with Crippen LogP contribution in [0.25, 0.3) is 0 Å². The summed E-state index contributed by atoms with van der Waals surface area (Å²) >= 11 is 3.49. The molecule has 0 N–H and O–H groups in total. The molecular formula is C19H25BrN2O3. The van der Waals surface area contributed by atoms with Crippen LogP contribution in [-0.4, -0.2) is 43.1 Å². The molecule has 0 aliphatic carbocycles. The Labute approximate surface area is 157 Å². The van der Waals surface area contributed by atoms with Crippen molar-refractivity contribution < 1.29 is 14.3 Å². The van der Waals surface area contributed by atoms with E-state index in [-0.39, 0.29) is 17.9 Å². The molecule has 1 aromatic carbocycles. The van der Waals surface area contributed by atoms with E-state index in [0.29, 0.717) is 38.5 Å². The summed E-state index contributed by atoms with van der Waals surface area (Å²) in [6, 6.07) is 6.13. The Hall–Kier alpha value is -1.56. The molecule has 25 heavy (non-hydrogen) atoms. The first kappa shape index (κ1) is 18.2. The van der Waals surface area contributed by atoms with Gasteiger partial charge in [-0.05, 0) is 42.9 Å². The van der Waals surface area contributed by atoms with Crippen LogP contribution in [0.15, 0.2) is 22.7 Å². The Morgan fingerprint density at radius 3 is 2.64 bits per heavy atom. The van der Waals surface area contributed by atoms with Crippen molar-refractivity contribution in [2.45, 2.75) is 33.1 Å². The van der Waals surface area contributed by atoms with E-state index in [9.17, 15) is 9.59 Å². The highest BCUT2D eigenvalue weighted by Crippen LogP contribution is 2.33. The van der Waals surface area contributed by atoms with Gasteiger partial charge >= 0.3 is 6.09 Å². The van der Waals surface area contributed by atoms with Gasteiger partial charge in [0.1, 0.15) is 0 Å². The van der Waals surface area contributed by atoms with Crippen molar-refractivity contribution in [2.75, 3.05) is 31.1 Å². The van der Waals surface area contributed by atoms with Gasteiger partial charge in [0, 0.05) is 35.7 Å². The van der Waals surface area contributed by atoms with E-state index in [1.807, 2.05) is 30.9 Å². The van der Waals surface area contributed by atoms with Crippen molar-refractivity contribution in [1.29, 1.82) is 0 Å². The van der Waals surface area contributed by atoms with Crippen molar-refractivity contribution in [1.82, 2.24) is 4.90 Å². The van der Waals surface area contributed by atoms with E-state index in [4.69, 9.17) is 4.74 Å². The lowest BCUT2D eigenvalue weighted by molar-refractivity contribution is -0.123. The summed E-state index contributed by atoms with van der Waals surface area (Å²) < 4.78 is 6.28. The highest BCUT2D eigenvalue weighted by Gasteiger charge is 2.33. The number of piperidine rings is 1. The van der Waals surface area contributed by atoms with E-state index < -0.39 is 0 Å². The molecule has 3 rings (SSSR count). The van der Waals surface area contributed by atoms with Crippen molar-refractivity contribution in [3.8, 4) is 0 Å². The van der Waals surface area contributed by atoms with Gasteiger partial charge in [-0.25, -0.2) is 4.79 Å². The normalized spacial score (nSPS) is 17.8. The number of anilines is 1. The molecule has 2 aliphatic heterocycles. The minimum atomic E-state index is -0.255. The number of carbonyl (C=O) groups excluding carboxylic acids is 2. The van der Waals surface area contributed by atoms with E-state index in [1.165, 1.54) is 5.56 Å². The summed E-state index contributed by atoms with van der Waals surface area (Å²) in [5.41, 5.74) is 2.25. The van der Waals surface area contributed by atoms with E-state index in [0.717, 1.165) is 23.1 Å². The maximum absolute atomic E-state index is 12.9. The smallest absolute Gasteiger partial charge is 0.409 e. The molecule has 0 atom stereocenters. The van der Waals surface area contributed by atoms with Gasteiger partial charge < -0.3 is 14.5 Å². The van der Waals surface area contributed by atoms with Gasteiger partial charge in [-0.2, -0.15) is 0 Å². The highest BCUT2D eigenvalue weighted by atomic mass is 79.9. The Kier molecular flexibility index (Phi) is 5.67. The highest BCUT2D eigenvalue weighted by molar-refractivity contribution is 9.10. The predicted molar refractivity (Wildman–Crippen MR) is 101 cm³/mol. The van der Waals surface area contributed by atoms with Crippen molar-refractivity contribution >= 4 is 33.6 Å². The van der Waals surface area contributed by atoms with Crippen molar-refractivity contribution in [3.63, 3.8) is 0 Å². The minimum Gasteiger partial charge on any atom is -0.449 e. The summed E-state index contributed by atoms with van der Waals surface area (Å²) in [5.74, 6) is 0.503. The molecule has 1 fully saturated rings. The second-order valence-electron chi connectivity index (χ2n) is 7.24. The standard InChI is InChI=1S/C19H25BrN2O3/c1-13(2)12-25-19(24)21-8-5-15(6-9-21)18(23)22-10-7-14-3-4-16(20)11-17(14)22/h3-4,11,13,15H,5-10,12H2,1-2H3. The number of halogens is 1. The van der Waals surface area contributed by atoms with Crippen LogP contribution < -0.4 is 4.90 Å². The zero-order valence-corrected chi connectivity index (χ0v) is 16.4. The van der Waals surface area contributed by atoms with Crippen LogP contribution in [-0.2, 0) is 16.0 Å². The first-order valence-electron chi connectivity index (χ1n) is 8.97. The van der Waals surface area contributed by atoms with E-state index in [2.05, 4.69) is 22.0 Å². The zero-order valence-electron chi connectivity index (χ0n) is 14.8. The third-order valence-electron chi connectivity index (χ3n) is 4.85. The number of rotatable bonds is 3. The van der Waals surface area contributed by atoms with Gasteiger partial charge in [0.2, 0.25) is 5.91 Å². The van der Waals surface area contributed by atoms with Crippen molar-refractivity contribution in [2.24, 2.45) is 11.8 Å². The molecule has 6 heteroatoms. The van der Waals surface area contributed by atoms with Crippen LogP contribution in [0.3, 0.4) is 0 Å². The van der Waals surface area contributed by atoms with Gasteiger partial charge in [-0.15, -0.1) is 0 Å². The Bertz CT molecular complexity index is 654. The Balaban J connectivity index is 1.56. The maximum atomic E-state index is 12.9. The average Bonchev–Trinajstić information content (AvgIpc) is 3.02. The van der Waals surface area contributed by atoms with Crippen LogP contribution in [0.2, 0.25) is 0 Å². The fraction of sp³-hybridized carbons (Fsp3) is 0.579. The topological polar surface area (TPSA) is 49.9 Å². The lowest BCUT2D eigenvalue weighted by Crippen LogP contribution is -2.44. The average molecular weight is 409 g/mol.